The minimum Gasteiger partial charge on any atom is -0.452 e. The van der Waals surface area contributed by atoms with Crippen LogP contribution in [0.15, 0.2) is 344 Å². The summed E-state index contributed by atoms with van der Waals surface area (Å²) in [6.45, 7) is 0. The fourth-order valence-corrected chi connectivity index (χ4v) is 17.6. The molecule has 0 fully saturated rings. The van der Waals surface area contributed by atoms with Crippen molar-refractivity contribution in [2.24, 2.45) is 0 Å². The third-order valence-electron chi connectivity index (χ3n) is 21.3. The van der Waals surface area contributed by atoms with Gasteiger partial charge in [-0.25, -0.2) is 19.9 Å². The average Bonchev–Trinajstić information content (AvgIpc) is 1.56. The van der Waals surface area contributed by atoms with Crippen molar-refractivity contribution in [2.75, 3.05) is 0 Å². The highest BCUT2D eigenvalue weighted by Crippen LogP contribution is 2.46. The highest BCUT2D eigenvalue weighted by atomic mass is 32.1. The fraction of sp³-hybridized carbons (Fsp3) is 0. The van der Waals surface area contributed by atoms with E-state index in [0.29, 0.717) is 11.4 Å². The van der Waals surface area contributed by atoms with E-state index in [2.05, 4.69) is 331 Å². The quantitative estimate of drug-likeness (QED) is 0.166. The Labute approximate surface area is 598 Å². The average molecular weight is 1340 g/mol. The molecule has 23 rings (SSSR count). The van der Waals surface area contributed by atoms with Gasteiger partial charge in [0, 0.05) is 70.3 Å². The van der Waals surface area contributed by atoms with E-state index in [0.717, 1.165) is 99.1 Å². The predicted octanol–water partition coefficient (Wildman–Crippen LogP) is 26.2. The van der Waals surface area contributed by atoms with Gasteiger partial charge in [0.05, 0.1) is 43.7 Å². The van der Waals surface area contributed by atoms with Crippen LogP contribution in [0, 0.1) is 0 Å². The molecule has 23 aromatic rings. The number of hydrogen-bond acceptors (Lipinski definition) is 6. The minimum absolute atomic E-state index is 0.665. The lowest BCUT2D eigenvalue weighted by atomic mass is 10.0. The standard InChI is InChI=1S/C50H29N3S.C46H27N3O/c1-2-13-32-27-35(22-21-30(32)11-1)47-49-48(40-19-9-10-20-45(40)54-49)52-50(51-47)39-24-26-42(38-18-8-7-17-37(38)39)53-43-25-23-31-12-5-6-16-36(31)46(43)41-28-33-14-3-4-15-34(33)29-44(41)53;1-2-11-31-25-34(18-17-28(31)9-1)43-45-44(37-15-7-8-16-41(37)50-45)48-46(47-43)30-19-22-35(23-20-30)49-39-24-21-29-10-5-6-14-36(29)42(39)38-26-32-12-3-4-13-33(32)27-40(38)49/h1-29H;1-27H. The number of nitrogens with zero attached hydrogens (tertiary/aromatic N) is 6. The van der Waals surface area contributed by atoms with Gasteiger partial charge in [-0.2, -0.15) is 0 Å². The predicted molar refractivity (Wildman–Crippen MR) is 437 cm³/mol. The largest absolute Gasteiger partial charge is 0.452 e. The van der Waals surface area contributed by atoms with E-state index >= 15 is 0 Å². The maximum absolute atomic E-state index is 6.42. The first-order chi connectivity index (χ1) is 51.5. The van der Waals surface area contributed by atoms with Gasteiger partial charge in [-0.15, -0.1) is 11.3 Å². The van der Waals surface area contributed by atoms with E-state index in [1.165, 1.54) is 108 Å². The van der Waals surface area contributed by atoms with Crippen LogP contribution < -0.4 is 0 Å². The summed E-state index contributed by atoms with van der Waals surface area (Å²) in [7, 11) is 0. The Morgan fingerprint density at radius 2 is 0.721 bits per heavy atom. The number of hydrogen-bond donors (Lipinski definition) is 0. The monoisotopic (exact) mass is 1340 g/mol. The zero-order chi connectivity index (χ0) is 68.1. The van der Waals surface area contributed by atoms with Gasteiger partial charge in [0.15, 0.2) is 17.2 Å². The zero-order valence-corrected chi connectivity index (χ0v) is 56.6. The lowest BCUT2D eigenvalue weighted by Crippen LogP contribution is -1.98. The van der Waals surface area contributed by atoms with Crippen LogP contribution in [-0.2, 0) is 0 Å². The molecule has 482 valence electrons. The molecule has 8 heteroatoms. The smallest absolute Gasteiger partial charge is 0.180 e. The molecule has 104 heavy (non-hydrogen) atoms. The molecule has 0 aliphatic rings. The number of benzene rings is 17. The van der Waals surface area contributed by atoms with Gasteiger partial charge in [0.1, 0.15) is 16.8 Å². The van der Waals surface area contributed by atoms with Crippen molar-refractivity contribution in [3.8, 4) is 56.7 Å². The van der Waals surface area contributed by atoms with Crippen molar-refractivity contribution in [2.45, 2.75) is 0 Å². The van der Waals surface area contributed by atoms with Crippen LogP contribution in [0.3, 0.4) is 0 Å². The van der Waals surface area contributed by atoms with Gasteiger partial charge >= 0.3 is 0 Å². The highest BCUT2D eigenvalue weighted by Gasteiger charge is 2.24. The maximum atomic E-state index is 6.42. The summed E-state index contributed by atoms with van der Waals surface area (Å²) in [5.74, 6) is 1.40. The Hall–Kier alpha value is -13.7. The second kappa shape index (κ2) is 22.9. The summed E-state index contributed by atoms with van der Waals surface area (Å²) in [6.07, 6.45) is 0. The highest BCUT2D eigenvalue weighted by molar-refractivity contribution is 7.26. The van der Waals surface area contributed by atoms with E-state index in [1.807, 2.05) is 18.2 Å². The topological polar surface area (TPSA) is 74.6 Å². The van der Waals surface area contributed by atoms with Crippen LogP contribution in [0.5, 0.6) is 0 Å². The zero-order valence-electron chi connectivity index (χ0n) is 55.8. The molecule has 6 heterocycles. The van der Waals surface area contributed by atoms with E-state index in [1.54, 1.807) is 11.3 Å². The van der Waals surface area contributed by atoms with Gasteiger partial charge in [-0.3, -0.25) is 0 Å². The van der Waals surface area contributed by atoms with Crippen molar-refractivity contribution < 1.29 is 4.42 Å². The number of rotatable bonds is 6. The molecular formula is C96H56N6OS. The van der Waals surface area contributed by atoms with E-state index in [4.69, 9.17) is 24.4 Å². The van der Waals surface area contributed by atoms with Crippen LogP contribution in [0.4, 0.5) is 0 Å². The van der Waals surface area contributed by atoms with Gasteiger partial charge in [-0.1, -0.05) is 237 Å². The third-order valence-corrected chi connectivity index (χ3v) is 22.5. The summed E-state index contributed by atoms with van der Waals surface area (Å²) >= 11 is 1.77. The van der Waals surface area contributed by atoms with Crippen molar-refractivity contribution in [3.05, 3.63) is 340 Å². The van der Waals surface area contributed by atoms with Crippen molar-refractivity contribution in [1.82, 2.24) is 29.1 Å². The van der Waals surface area contributed by atoms with Gasteiger partial charge in [0.2, 0.25) is 0 Å². The molecular weight excluding hydrogens is 1290 g/mol. The normalized spacial score (nSPS) is 12.0. The molecule has 0 bridgehead atoms. The van der Waals surface area contributed by atoms with E-state index < -0.39 is 0 Å². The Kier molecular flexibility index (Phi) is 12.8. The fourth-order valence-electron chi connectivity index (χ4n) is 16.4. The summed E-state index contributed by atoms with van der Waals surface area (Å²) in [4.78, 5) is 21.2. The minimum atomic E-state index is 0.665. The lowest BCUT2D eigenvalue weighted by molar-refractivity contribution is 0.667. The molecule has 7 nitrogen and oxygen atoms in total. The van der Waals surface area contributed by atoms with Crippen LogP contribution in [0.1, 0.15) is 0 Å². The first-order valence-electron chi connectivity index (χ1n) is 35.2. The molecule has 0 aliphatic heterocycles. The van der Waals surface area contributed by atoms with Crippen molar-refractivity contribution >= 4 is 173 Å². The molecule has 6 aromatic heterocycles. The second-order valence-corrected chi connectivity index (χ2v) is 28.2. The van der Waals surface area contributed by atoms with Crippen molar-refractivity contribution in [1.29, 1.82) is 0 Å². The molecule has 0 spiro atoms. The molecule has 0 aliphatic carbocycles. The molecule has 0 saturated carbocycles. The first kappa shape index (κ1) is 58.2. The van der Waals surface area contributed by atoms with Gasteiger partial charge in [-0.05, 0) is 173 Å². The molecule has 0 amide bonds. The van der Waals surface area contributed by atoms with Crippen LogP contribution in [-0.4, -0.2) is 29.1 Å². The third kappa shape index (κ3) is 9.09. The van der Waals surface area contributed by atoms with Crippen LogP contribution in [0.25, 0.3) is 218 Å². The summed E-state index contributed by atoms with van der Waals surface area (Å²) < 4.78 is 13.6. The maximum Gasteiger partial charge on any atom is 0.180 e. The summed E-state index contributed by atoms with van der Waals surface area (Å²) in [5.41, 5.74) is 16.1. The summed E-state index contributed by atoms with van der Waals surface area (Å²) in [6, 6.07) is 122. The molecule has 0 N–H and O–H groups in total. The molecule has 0 radical (unpaired) electrons. The molecule has 0 unspecified atom stereocenters. The Morgan fingerprint density at radius 3 is 1.35 bits per heavy atom. The Bertz CT molecular complexity index is 7570. The number of fused-ring (bicyclic) bond motifs is 21. The second-order valence-electron chi connectivity index (χ2n) is 27.2. The number of furan rings is 1. The molecule has 17 aromatic carbocycles. The molecule has 0 saturated heterocycles. The summed E-state index contributed by atoms with van der Waals surface area (Å²) in [5, 5.41) is 24.2. The van der Waals surface area contributed by atoms with Crippen LogP contribution >= 0.6 is 11.3 Å². The number of para-hydroxylation sites is 1. The van der Waals surface area contributed by atoms with E-state index in [-0.39, 0.29) is 0 Å². The van der Waals surface area contributed by atoms with Gasteiger partial charge < -0.3 is 13.6 Å². The number of aromatic nitrogens is 6. The Balaban J connectivity index is 0.000000131. The SMILES string of the molecule is c1ccc2cc(-c3nc(-c4ccc(-n5c6cc7ccccc7cc6c6c7ccccc7ccc65)c5ccccc45)nc4c3sc3ccccc34)ccc2c1.c1ccc2cc(-c3nc(-c4ccc(-n5c6cc7ccccc7cc6c6c7ccccc7ccc65)cc4)nc4c3oc3ccccc34)ccc2c1. The van der Waals surface area contributed by atoms with Crippen LogP contribution in [0.2, 0.25) is 0 Å². The van der Waals surface area contributed by atoms with E-state index in [9.17, 15) is 0 Å². The van der Waals surface area contributed by atoms with Crippen molar-refractivity contribution in [3.63, 3.8) is 0 Å². The Morgan fingerprint density at radius 1 is 0.269 bits per heavy atom. The van der Waals surface area contributed by atoms with Gasteiger partial charge in [0.25, 0.3) is 0 Å². The lowest BCUT2D eigenvalue weighted by Gasteiger charge is -2.15. The first-order valence-corrected chi connectivity index (χ1v) is 36.0. The molecule has 0 atom stereocenters. The number of thiophene rings is 1.